The number of benzene rings is 2. The highest BCUT2D eigenvalue weighted by Gasteiger charge is 2.20. The first-order chi connectivity index (χ1) is 11.1. The first-order valence-electron chi connectivity index (χ1n) is 7.58. The van der Waals surface area contributed by atoms with Gasteiger partial charge in [-0.05, 0) is 37.3 Å². The van der Waals surface area contributed by atoms with Gasteiger partial charge in [0.05, 0.1) is 24.4 Å². The fourth-order valence-electron chi connectivity index (χ4n) is 2.58. The highest BCUT2D eigenvalue weighted by atomic mass is 32.1. The average molecular weight is 331 g/mol. The number of halogens is 1. The standard InChI is InChI=1S/C18H19FN2OS/c1-12(18-20-15-6-4-5-7-17(15)23-18)21(2)11-13-8-9-16(22-3)14(19)10-13/h4-10,12H,11H2,1-3H3/p+1/t12-/m1/s1. The van der Waals surface area contributed by atoms with Crippen molar-refractivity contribution in [3.63, 3.8) is 0 Å². The van der Waals surface area contributed by atoms with Crippen molar-refractivity contribution in [2.75, 3.05) is 14.2 Å². The van der Waals surface area contributed by atoms with Crippen molar-refractivity contribution in [2.24, 2.45) is 0 Å². The minimum Gasteiger partial charge on any atom is -0.494 e. The van der Waals surface area contributed by atoms with Gasteiger partial charge in [-0.1, -0.05) is 12.1 Å². The molecule has 1 aromatic heterocycles. The van der Waals surface area contributed by atoms with E-state index in [9.17, 15) is 4.39 Å². The molecule has 2 atom stereocenters. The monoisotopic (exact) mass is 331 g/mol. The molecule has 5 heteroatoms. The number of nitrogens with zero attached hydrogens (tertiary/aromatic N) is 1. The molecule has 0 aliphatic rings. The summed E-state index contributed by atoms with van der Waals surface area (Å²) >= 11 is 1.73. The quantitative estimate of drug-likeness (QED) is 0.777. The van der Waals surface area contributed by atoms with Crippen LogP contribution in [0.15, 0.2) is 42.5 Å². The SMILES string of the molecule is COc1ccc(C[NH+](C)[C@H](C)c2nc3ccccc3s2)cc1F. The summed E-state index contributed by atoms with van der Waals surface area (Å²) in [5, 5.41) is 1.11. The molecule has 0 amide bonds. The number of rotatable bonds is 5. The average Bonchev–Trinajstić information content (AvgIpc) is 2.98. The first kappa shape index (κ1) is 15.9. The Morgan fingerprint density at radius 3 is 2.74 bits per heavy atom. The maximum absolute atomic E-state index is 13.8. The molecule has 0 fully saturated rings. The molecular formula is C18H20FN2OS+. The predicted molar refractivity (Wildman–Crippen MR) is 91.6 cm³/mol. The molecular weight excluding hydrogens is 311 g/mol. The molecule has 0 bridgehead atoms. The Hall–Kier alpha value is -1.98. The lowest BCUT2D eigenvalue weighted by atomic mass is 10.2. The number of para-hydroxylation sites is 1. The summed E-state index contributed by atoms with van der Waals surface area (Å²) in [6, 6.07) is 13.6. The van der Waals surface area contributed by atoms with E-state index in [0.29, 0.717) is 0 Å². The molecule has 23 heavy (non-hydrogen) atoms. The van der Waals surface area contributed by atoms with Crippen molar-refractivity contribution >= 4 is 21.6 Å². The molecule has 2 aromatic carbocycles. The second-order valence-corrected chi connectivity index (χ2v) is 6.80. The second kappa shape index (κ2) is 6.64. The van der Waals surface area contributed by atoms with Crippen molar-refractivity contribution in [3.05, 3.63) is 58.9 Å². The van der Waals surface area contributed by atoms with E-state index in [1.54, 1.807) is 23.5 Å². The highest BCUT2D eigenvalue weighted by molar-refractivity contribution is 7.18. The minimum atomic E-state index is -0.314. The van der Waals surface area contributed by atoms with Crippen molar-refractivity contribution in [1.82, 2.24) is 4.98 Å². The Labute approximate surface area is 139 Å². The maximum Gasteiger partial charge on any atom is 0.165 e. The number of quaternary nitrogens is 1. The van der Waals surface area contributed by atoms with Crippen LogP contribution in [0.1, 0.15) is 23.5 Å². The molecule has 120 valence electrons. The predicted octanol–water partition coefficient (Wildman–Crippen LogP) is 3.22. The lowest BCUT2D eigenvalue weighted by Crippen LogP contribution is -3.07. The van der Waals surface area contributed by atoms with E-state index < -0.39 is 0 Å². The van der Waals surface area contributed by atoms with Crippen LogP contribution in [0.2, 0.25) is 0 Å². The summed E-state index contributed by atoms with van der Waals surface area (Å²) < 4.78 is 20.0. The number of nitrogens with one attached hydrogen (secondary N) is 1. The Kier molecular flexibility index (Phi) is 4.59. The number of ether oxygens (including phenoxy) is 1. The highest BCUT2D eigenvalue weighted by Crippen LogP contribution is 2.25. The molecule has 0 spiro atoms. The Morgan fingerprint density at radius 1 is 1.26 bits per heavy atom. The molecule has 0 saturated heterocycles. The van der Waals surface area contributed by atoms with E-state index in [0.717, 1.165) is 22.6 Å². The van der Waals surface area contributed by atoms with Gasteiger partial charge in [0.15, 0.2) is 16.6 Å². The van der Waals surface area contributed by atoms with Gasteiger partial charge in [-0.2, -0.15) is 0 Å². The molecule has 1 N–H and O–H groups in total. The molecule has 0 radical (unpaired) electrons. The topological polar surface area (TPSA) is 26.6 Å². The van der Waals surface area contributed by atoms with E-state index >= 15 is 0 Å². The summed E-state index contributed by atoms with van der Waals surface area (Å²) in [6.45, 7) is 2.89. The third kappa shape index (κ3) is 3.35. The molecule has 3 aromatic rings. The summed E-state index contributed by atoms with van der Waals surface area (Å²) in [5.74, 6) is -0.0314. The van der Waals surface area contributed by atoms with Crippen LogP contribution in [-0.4, -0.2) is 19.1 Å². The van der Waals surface area contributed by atoms with Crippen LogP contribution in [0.4, 0.5) is 4.39 Å². The lowest BCUT2D eigenvalue weighted by molar-refractivity contribution is -0.923. The van der Waals surface area contributed by atoms with Crippen LogP contribution < -0.4 is 9.64 Å². The lowest BCUT2D eigenvalue weighted by Gasteiger charge is -2.20. The van der Waals surface area contributed by atoms with Gasteiger partial charge in [0.25, 0.3) is 0 Å². The second-order valence-electron chi connectivity index (χ2n) is 5.73. The van der Waals surface area contributed by atoms with Crippen LogP contribution in [-0.2, 0) is 6.54 Å². The zero-order valence-corrected chi connectivity index (χ0v) is 14.3. The fourth-order valence-corrected chi connectivity index (χ4v) is 3.69. The van der Waals surface area contributed by atoms with Crippen LogP contribution in [0, 0.1) is 5.82 Å². The number of hydrogen-bond donors (Lipinski definition) is 1. The largest absolute Gasteiger partial charge is 0.494 e. The first-order valence-corrected chi connectivity index (χ1v) is 8.40. The van der Waals surface area contributed by atoms with Crippen molar-refractivity contribution in [2.45, 2.75) is 19.5 Å². The van der Waals surface area contributed by atoms with Gasteiger partial charge in [-0.15, -0.1) is 11.3 Å². The summed E-state index contributed by atoms with van der Waals surface area (Å²) in [4.78, 5) is 6.00. The van der Waals surface area contributed by atoms with Crippen LogP contribution in [0.25, 0.3) is 10.2 Å². The summed E-state index contributed by atoms with van der Waals surface area (Å²) in [5.41, 5.74) is 2.00. The van der Waals surface area contributed by atoms with E-state index in [-0.39, 0.29) is 17.6 Å². The van der Waals surface area contributed by atoms with E-state index in [1.807, 2.05) is 24.3 Å². The molecule has 3 rings (SSSR count). The Balaban J connectivity index is 1.76. The zero-order valence-electron chi connectivity index (χ0n) is 13.5. The van der Waals surface area contributed by atoms with Gasteiger partial charge in [-0.25, -0.2) is 9.37 Å². The van der Waals surface area contributed by atoms with Crippen molar-refractivity contribution in [3.8, 4) is 5.75 Å². The van der Waals surface area contributed by atoms with Gasteiger partial charge in [0.2, 0.25) is 0 Å². The number of aromatic nitrogens is 1. The van der Waals surface area contributed by atoms with Gasteiger partial charge < -0.3 is 9.64 Å². The van der Waals surface area contributed by atoms with Crippen LogP contribution in [0.3, 0.4) is 0 Å². The van der Waals surface area contributed by atoms with Gasteiger partial charge in [0.1, 0.15) is 12.6 Å². The molecule has 1 unspecified atom stereocenters. The van der Waals surface area contributed by atoms with Gasteiger partial charge in [-0.3, -0.25) is 0 Å². The molecule has 3 nitrogen and oxygen atoms in total. The maximum atomic E-state index is 13.8. The number of methoxy groups -OCH3 is 1. The normalized spacial score (nSPS) is 13.9. The Bertz CT molecular complexity index is 785. The summed E-state index contributed by atoms with van der Waals surface area (Å²) in [6.07, 6.45) is 0. The van der Waals surface area contributed by atoms with Crippen molar-refractivity contribution in [1.29, 1.82) is 0 Å². The third-order valence-electron chi connectivity index (χ3n) is 4.12. The molecule has 0 aliphatic heterocycles. The molecule has 0 aliphatic carbocycles. The van der Waals surface area contributed by atoms with Crippen LogP contribution >= 0.6 is 11.3 Å². The third-order valence-corrected chi connectivity index (χ3v) is 5.34. The number of hydrogen-bond acceptors (Lipinski definition) is 3. The van der Waals surface area contributed by atoms with E-state index in [4.69, 9.17) is 9.72 Å². The smallest absolute Gasteiger partial charge is 0.165 e. The minimum absolute atomic E-state index is 0.248. The van der Waals surface area contributed by atoms with Gasteiger partial charge in [0, 0.05) is 5.56 Å². The Morgan fingerprint density at radius 2 is 2.04 bits per heavy atom. The number of thiazole rings is 1. The van der Waals surface area contributed by atoms with E-state index in [2.05, 4.69) is 20.0 Å². The summed E-state index contributed by atoms with van der Waals surface area (Å²) in [7, 11) is 3.59. The molecule has 1 heterocycles. The fraction of sp³-hybridized carbons (Fsp3) is 0.278. The van der Waals surface area contributed by atoms with Gasteiger partial charge >= 0.3 is 0 Å². The van der Waals surface area contributed by atoms with Crippen molar-refractivity contribution < 1.29 is 14.0 Å². The number of fused-ring (bicyclic) bond motifs is 1. The van der Waals surface area contributed by atoms with Crippen LogP contribution in [0.5, 0.6) is 5.75 Å². The van der Waals surface area contributed by atoms with E-state index in [1.165, 1.54) is 16.7 Å². The molecule has 0 saturated carbocycles. The zero-order chi connectivity index (χ0) is 16.4.